The van der Waals surface area contributed by atoms with Crippen LogP contribution in [0.3, 0.4) is 0 Å². The van der Waals surface area contributed by atoms with Crippen LogP contribution < -0.4 is 10.2 Å². The molecule has 2 aromatic carbocycles. The van der Waals surface area contributed by atoms with Crippen LogP contribution in [0.4, 0.5) is 28.9 Å². The van der Waals surface area contributed by atoms with Gasteiger partial charge in [-0.15, -0.1) is 0 Å². The summed E-state index contributed by atoms with van der Waals surface area (Å²) >= 11 is 0. The number of carbonyl (C=O) groups is 1. The van der Waals surface area contributed by atoms with Crippen LogP contribution >= 0.6 is 0 Å². The number of benzene rings is 2. The van der Waals surface area contributed by atoms with Gasteiger partial charge in [-0.2, -0.15) is 14.0 Å². The van der Waals surface area contributed by atoms with Crippen LogP contribution in [0.1, 0.15) is 17.0 Å². The molecule has 2 heterocycles. The summed E-state index contributed by atoms with van der Waals surface area (Å²) in [4.78, 5) is 22.6. The van der Waals surface area contributed by atoms with E-state index in [1.807, 2.05) is 24.3 Å². The fourth-order valence-corrected chi connectivity index (χ4v) is 3.68. The average Bonchev–Trinajstić information content (AvgIpc) is 2.90. The lowest BCUT2D eigenvalue weighted by Gasteiger charge is -2.28. The molecule has 1 saturated heterocycles. The Balaban J connectivity index is 1.49. The smallest absolute Gasteiger partial charge is 0.378 e. The zero-order chi connectivity index (χ0) is 25.7. The Kier molecular flexibility index (Phi) is 7.45. The zero-order valence-corrected chi connectivity index (χ0v) is 18.9. The molecule has 1 aliphatic heterocycles. The second-order valence-electron chi connectivity index (χ2n) is 8.05. The molecule has 1 aromatic heterocycles. The van der Waals surface area contributed by atoms with Crippen LogP contribution in [0.5, 0.6) is 0 Å². The van der Waals surface area contributed by atoms with E-state index in [0.29, 0.717) is 36.7 Å². The van der Waals surface area contributed by atoms with Crippen LogP contribution in [0.25, 0.3) is 11.3 Å². The summed E-state index contributed by atoms with van der Waals surface area (Å²) in [5.41, 5.74) is 2.57. The van der Waals surface area contributed by atoms with Crippen molar-refractivity contribution in [2.75, 3.05) is 36.5 Å². The van der Waals surface area contributed by atoms with Gasteiger partial charge in [0.05, 0.1) is 30.2 Å². The number of nitriles is 1. The number of morpholine rings is 1. The maximum absolute atomic E-state index is 13.3. The van der Waals surface area contributed by atoms with Crippen molar-refractivity contribution >= 4 is 17.3 Å². The Morgan fingerprint density at radius 3 is 2.53 bits per heavy atom. The van der Waals surface area contributed by atoms with Gasteiger partial charge in [0.2, 0.25) is 0 Å². The summed E-state index contributed by atoms with van der Waals surface area (Å²) in [5, 5.41) is 11.1. The van der Waals surface area contributed by atoms with E-state index in [4.69, 9.17) is 4.74 Å². The second-order valence-corrected chi connectivity index (χ2v) is 8.05. The Bertz CT molecular complexity index is 1270. The Morgan fingerprint density at radius 1 is 1.14 bits per heavy atom. The van der Waals surface area contributed by atoms with Gasteiger partial charge in [-0.3, -0.25) is 4.79 Å². The molecule has 0 aliphatic carbocycles. The van der Waals surface area contributed by atoms with Gasteiger partial charge < -0.3 is 15.0 Å². The minimum Gasteiger partial charge on any atom is -0.378 e. The first kappa shape index (κ1) is 25.1. The normalized spacial score (nSPS) is 13.9. The highest BCUT2D eigenvalue weighted by molar-refractivity contribution is 5.97. The molecule has 1 amide bonds. The van der Waals surface area contributed by atoms with Crippen molar-refractivity contribution in [3.63, 3.8) is 0 Å². The van der Waals surface area contributed by atoms with Crippen molar-refractivity contribution in [1.82, 2.24) is 9.97 Å². The maximum atomic E-state index is 13.3. The van der Waals surface area contributed by atoms with E-state index in [1.54, 1.807) is 23.6 Å². The van der Waals surface area contributed by atoms with Gasteiger partial charge in [-0.05, 0) is 35.9 Å². The number of hydrogen-bond donors (Lipinski definition) is 1. The number of rotatable bonds is 7. The quantitative estimate of drug-likeness (QED) is 0.488. The van der Waals surface area contributed by atoms with E-state index in [0.717, 1.165) is 24.3 Å². The molecule has 7 nitrogen and oxygen atoms in total. The first-order chi connectivity index (χ1) is 17.3. The van der Waals surface area contributed by atoms with Crippen LogP contribution in [0, 0.1) is 11.3 Å². The zero-order valence-electron chi connectivity index (χ0n) is 18.9. The fraction of sp³-hybridized carbons (Fsp3) is 0.280. The number of amides is 1. The van der Waals surface area contributed by atoms with E-state index in [2.05, 4.69) is 14.9 Å². The topological polar surface area (TPSA) is 91.1 Å². The number of ether oxygens (including phenoxy) is 1. The summed E-state index contributed by atoms with van der Waals surface area (Å²) < 4.78 is 56.8. The minimum atomic E-state index is -4.88. The van der Waals surface area contributed by atoms with Crippen molar-refractivity contribution in [3.8, 4) is 17.3 Å². The number of anilines is 2. The molecule has 0 atom stereocenters. The third kappa shape index (κ3) is 5.60. The number of carbonyl (C=O) groups excluding carboxylic acids is 1. The van der Waals surface area contributed by atoms with Crippen LogP contribution in [0.2, 0.25) is 0 Å². The first-order valence-corrected chi connectivity index (χ1v) is 11.0. The molecule has 1 fully saturated rings. The largest absolute Gasteiger partial charge is 0.383 e. The highest BCUT2D eigenvalue weighted by atomic mass is 19.3. The minimum absolute atomic E-state index is 0.176. The third-order valence-electron chi connectivity index (χ3n) is 5.64. The molecular weight excluding hydrogens is 478 g/mol. The van der Waals surface area contributed by atoms with Crippen LogP contribution in [-0.4, -0.2) is 54.5 Å². The van der Waals surface area contributed by atoms with Gasteiger partial charge >= 0.3 is 18.3 Å². The van der Waals surface area contributed by atoms with Gasteiger partial charge in [0.15, 0.2) is 0 Å². The number of halogens is 4. The number of nitrogens with one attached hydrogen (secondary N) is 1. The lowest BCUT2D eigenvalue weighted by atomic mass is 10.1. The predicted molar refractivity (Wildman–Crippen MR) is 124 cm³/mol. The van der Waals surface area contributed by atoms with Crippen molar-refractivity contribution in [1.29, 1.82) is 5.26 Å². The second kappa shape index (κ2) is 10.7. The molecule has 0 spiro atoms. The van der Waals surface area contributed by atoms with E-state index < -0.39 is 18.3 Å². The molecule has 11 heteroatoms. The number of nitrogens with zero attached hydrogens (tertiary/aromatic N) is 4. The van der Waals surface area contributed by atoms with Gasteiger partial charge in [-0.1, -0.05) is 18.2 Å². The predicted octanol–water partition coefficient (Wildman–Crippen LogP) is 4.28. The van der Waals surface area contributed by atoms with Gasteiger partial charge in [0.1, 0.15) is 11.9 Å². The van der Waals surface area contributed by atoms with Crippen molar-refractivity contribution < 1.29 is 27.1 Å². The molecule has 1 N–H and O–H groups in total. The van der Waals surface area contributed by atoms with E-state index >= 15 is 0 Å². The summed E-state index contributed by atoms with van der Waals surface area (Å²) in [5.74, 6) is -6.54. The summed E-state index contributed by atoms with van der Waals surface area (Å²) in [6, 6.07) is 15.4. The monoisotopic (exact) mass is 499 g/mol. The van der Waals surface area contributed by atoms with Crippen LogP contribution in [-0.2, 0) is 16.0 Å². The summed E-state index contributed by atoms with van der Waals surface area (Å²) in [6.45, 7) is 3.08. The molecule has 0 radical (unpaired) electrons. The van der Waals surface area contributed by atoms with Gasteiger partial charge in [-0.25, -0.2) is 18.7 Å². The van der Waals surface area contributed by atoms with E-state index in [-0.39, 0.29) is 11.3 Å². The number of alkyl halides is 4. The van der Waals surface area contributed by atoms with Crippen molar-refractivity contribution in [2.45, 2.75) is 18.8 Å². The van der Waals surface area contributed by atoms with E-state index in [1.165, 1.54) is 18.2 Å². The summed E-state index contributed by atoms with van der Waals surface area (Å²) in [7, 11) is 0. The molecule has 3 aromatic rings. The van der Waals surface area contributed by atoms with Gasteiger partial charge in [0, 0.05) is 37.0 Å². The molecule has 186 valence electrons. The third-order valence-corrected chi connectivity index (χ3v) is 5.64. The Hall–Kier alpha value is -4.04. The molecule has 1 aliphatic rings. The summed E-state index contributed by atoms with van der Waals surface area (Å²) in [6.07, 6.45) is -2.15. The lowest BCUT2D eigenvalue weighted by Crippen LogP contribution is -2.41. The molecule has 0 unspecified atom stereocenters. The molecule has 0 bridgehead atoms. The van der Waals surface area contributed by atoms with Crippen molar-refractivity contribution in [3.05, 3.63) is 71.7 Å². The Morgan fingerprint density at radius 2 is 1.86 bits per heavy atom. The maximum Gasteiger partial charge on any atom is 0.383 e. The molecule has 36 heavy (non-hydrogen) atoms. The lowest BCUT2D eigenvalue weighted by molar-refractivity contribution is -0.163. The average molecular weight is 499 g/mol. The fourth-order valence-electron chi connectivity index (χ4n) is 3.68. The highest BCUT2D eigenvalue weighted by Crippen LogP contribution is 2.28. The standard InChI is InChI=1S/C25H21F4N5O2/c26-23(27)25(28,29)24(35)33-20-6-3-17(14-18(20)15-30)21-7-8-31-22(32-21)13-16-1-4-19(5-2-16)34-9-11-36-12-10-34/h1-8,14,23H,9-13H2,(H,33,35). The first-order valence-electron chi connectivity index (χ1n) is 11.0. The highest BCUT2D eigenvalue weighted by Gasteiger charge is 2.49. The Labute approximate surface area is 204 Å². The number of hydrogen-bond acceptors (Lipinski definition) is 6. The number of aromatic nitrogens is 2. The van der Waals surface area contributed by atoms with Crippen LogP contribution in [0.15, 0.2) is 54.7 Å². The van der Waals surface area contributed by atoms with Crippen molar-refractivity contribution in [2.24, 2.45) is 0 Å². The SMILES string of the molecule is N#Cc1cc(-c2ccnc(Cc3ccc(N4CCOCC4)cc3)n2)ccc1NC(=O)C(F)(F)C(F)F. The molecule has 4 rings (SSSR count). The van der Waals surface area contributed by atoms with Gasteiger partial charge in [0.25, 0.3) is 0 Å². The van der Waals surface area contributed by atoms with E-state index in [9.17, 15) is 27.6 Å². The molecule has 0 saturated carbocycles. The molecular formula is C25H21F4N5O2.